The summed E-state index contributed by atoms with van der Waals surface area (Å²) in [5.41, 5.74) is 2.54. The van der Waals surface area contributed by atoms with Crippen molar-refractivity contribution in [3.8, 4) is 0 Å². The minimum absolute atomic E-state index is 0.365. The maximum absolute atomic E-state index is 11.1. The number of nitroso groups, excluding NO2 is 1. The van der Waals surface area contributed by atoms with Crippen LogP contribution in [0.1, 0.15) is 41.5 Å². The van der Waals surface area contributed by atoms with E-state index in [4.69, 9.17) is 0 Å². The molecule has 0 fully saturated rings. The highest BCUT2D eigenvalue weighted by atomic mass is 16.5. The smallest absolute Gasteiger partial charge is 0.0641 e. The third-order valence-corrected chi connectivity index (χ3v) is 3.86. The first kappa shape index (κ1) is 19.7. The molecule has 26 heavy (non-hydrogen) atoms. The first-order valence-corrected chi connectivity index (χ1v) is 8.62. The minimum atomic E-state index is -0.379. The van der Waals surface area contributed by atoms with Gasteiger partial charge in [-0.05, 0) is 90.1 Å². The monoisotopic (exact) mass is 356 g/mol. The molecule has 140 valence electrons. The third kappa shape index (κ3) is 4.73. The largest absolute Gasteiger partial charge is 0.356 e. The van der Waals surface area contributed by atoms with Gasteiger partial charge in [0.15, 0.2) is 0 Å². The van der Waals surface area contributed by atoms with Gasteiger partial charge in [0.1, 0.15) is 0 Å². The van der Waals surface area contributed by atoms with Crippen molar-refractivity contribution in [3.63, 3.8) is 0 Å². The van der Waals surface area contributed by atoms with Gasteiger partial charge in [0.25, 0.3) is 0 Å². The molecule has 0 saturated carbocycles. The van der Waals surface area contributed by atoms with Gasteiger partial charge >= 0.3 is 0 Å². The van der Waals surface area contributed by atoms with Gasteiger partial charge in [-0.1, -0.05) is 0 Å². The Morgan fingerprint density at radius 3 is 1.54 bits per heavy atom. The molecule has 6 nitrogen and oxygen atoms in total. The van der Waals surface area contributed by atoms with E-state index < -0.39 is 0 Å². The fraction of sp³-hybridized carbons (Fsp3) is 0.400. The van der Waals surface area contributed by atoms with E-state index in [0.29, 0.717) is 0 Å². The SMILES string of the molecule is CC(C)(C)N(O)c1ccc(Nc2ccc(N(N=O)C(C)(C)C)cc2)cc1. The number of nitrogens with one attached hydrogen (secondary N) is 1. The molecule has 6 heteroatoms. The second-order valence-electron chi connectivity index (χ2n) is 8.27. The Bertz CT molecular complexity index is 728. The summed E-state index contributed by atoms with van der Waals surface area (Å²) in [6.45, 7) is 11.6. The topological polar surface area (TPSA) is 68.2 Å². The van der Waals surface area contributed by atoms with Crippen molar-refractivity contribution in [2.24, 2.45) is 5.29 Å². The summed E-state index contributed by atoms with van der Waals surface area (Å²) < 4.78 is 0. The number of hydroxylamine groups is 1. The lowest BCUT2D eigenvalue weighted by Crippen LogP contribution is -2.38. The van der Waals surface area contributed by atoms with Gasteiger partial charge in [-0.2, -0.15) is 0 Å². The van der Waals surface area contributed by atoms with Gasteiger partial charge in [-0.15, -0.1) is 4.91 Å². The summed E-state index contributed by atoms with van der Waals surface area (Å²) in [7, 11) is 0. The lowest BCUT2D eigenvalue weighted by atomic mass is 10.1. The van der Waals surface area contributed by atoms with Crippen LogP contribution in [0.15, 0.2) is 53.8 Å². The van der Waals surface area contributed by atoms with E-state index >= 15 is 0 Å². The predicted octanol–water partition coefficient (Wildman–Crippen LogP) is 5.71. The van der Waals surface area contributed by atoms with E-state index in [1.54, 1.807) is 0 Å². The Hall–Kier alpha value is -2.60. The van der Waals surface area contributed by atoms with E-state index in [-0.39, 0.29) is 11.1 Å². The zero-order valence-corrected chi connectivity index (χ0v) is 16.3. The van der Waals surface area contributed by atoms with Crippen LogP contribution in [0.3, 0.4) is 0 Å². The first-order valence-electron chi connectivity index (χ1n) is 8.62. The molecule has 0 aliphatic rings. The number of rotatable bonds is 5. The van der Waals surface area contributed by atoms with E-state index in [1.807, 2.05) is 90.1 Å². The van der Waals surface area contributed by atoms with Crippen molar-refractivity contribution < 1.29 is 5.21 Å². The summed E-state index contributed by atoms with van der Waals surface area (Å²) >= 11 is 0. The van der Waals surface area contributed by atoms with Crippen molar-refractivity contribution in [2.45, 2.75) is 52.6 Å². The average Bonchev–Trinajstić information content (AvgIpc) is 2.55. The maximum atomic E-state index is 11.1. The summed E-state index contributed by atoms with van der Waals surface area (Å²) in [5.74, 6) is 0. The number of benzene rings is 2. The van der Waals surface area contributed by atoms with Crippen LogP contribution in [0.2, 0.25) is 0 Å². The Labute approximate surface area is 155 Å². The highest BCUT2D eigenvalue weighted by molar-refractivity contribution is 5.65. The van der Waals surface area contributed by atoms with E-state index in [9.17, 15) is 10.1 Å². The summed E-state index contributed by atoms with van der Waals surface area (Å²) in [6, 6.07) is 15.1. The van der Waals surface area contributed by atoms with Gasteiger partial charge < -0.3 is 5.32 Å². The number of nitrogens with zero attached hydrogens (tertiary/aromatic N) is 3. The van der Waals surface area contributed by atoms with E-state index in [0.717, 1.165) is 22.7 Å². The van der Waals surface area contributed by atoms with Crippen LogP contribution in [-0.4, -0.2) is 16.3 Å². The average molecular weight is 356 g/mol. The molecular weight excluding hydrogens is 328 g/mol. The number of anilines is 4. The van der Waals surface area contributed by atoms with Gasteiger partial charge in [0.05, 0.1) is 27.7 Å². The molecule has 0 unspecified atom stereocenters. The fourth-order valence-corrected chi connectivity index (χ4v) is 2.48. The highest BCUT2D eigenvalue weighted by Gasteiger charge is 2.23. The molecule has 0 aliphatic heterocycles. The zero-order valence-electron chi connectivity index (χ0n) is 16.3. The van der Waals surface area contributed by atoms with Crippen molar-refractivity contribution in [1.29, 1.82) is 0 Å². The summed E-state index contributed by atoms with van der Waals surface area (Å²) in [6.07, 6.45) is 0. The number of hydrogen-bond acceptors (Lipinski definition) is 5. The fourth-order valence-electron chi connectivity index (χ4n) is 2.48. The molecule has 2 N–H and O–H groups in total. The molecule has 0 heterocycles. The molecule has 0 spiro atoms. The van der Waals surface area contributed by atoms with Crippen LogP contribution >= 0.6 is 0 Å². The molecular formula is C20H28N4O2. The predicted molar refractivity (Wildman–Crippen MR) is 108 cm³/mol. The molecule has 0 bridgehead atoms. The molecule has 0 aromatic heterocycles. The Kier molecular flexibility index (Phi) is 5.56. The lowest BCUT2D eigenvalue weighted by molar-refractivity contribution is 0.181. The van der Waals surface area contributed by atoms with Crippen LogP contribution in [0.5, 0.6) is 0 Å². The molecule has 0 atom stereocenters. The third-order valence-electron chi connectivity index (χ3n) is 3.86. The zero-order chi connectivity index (χ0) is 19.5. The molecule has 2 aromatic rings. The van der Waals surface area contributed by atoms with E-state index in [1.165, 1.54) is 10.1 Å². The molecule has 2 aromatic carbocycles. The molecule has 0 aliphatic carbocycles. The molecule has 2 rings (SSSR count). The molecule has 0 saturated heterocycles. The minimum Gasteiger partial charge on any atom is -0.356 e. The second kappa shape index (κ2) is 7.33. The summed E-state index contributed by atoms with van der Waals surface area (Å²) in [5, 5.41) is 19.3. The first-order chi connectivity index (χ1) is 12.0. The van der Waals surface area contributed by atoms with Crippen LogP contribution in [0, 0.1) is 4.91 Å². The molecule has 0 radical (unpaired) electrons. The number of hydrogen-bond donors (Lipinski definition) is 2. The van der Waals surface area contributed by atoms with Crippen molar-refractivity contribution >= 4 is 22.7 Å². The quantitative estimate of drug-likeness (QED) is 0.530. The van der Waals surface area contributed by atoms with Crippen molar-refractivity contribution in [3.05, 3.63) is 53.4 Å². The Morgan fingerprint density at radius 1 is 0.769 bits per heavy atom. The van der Waals surface area contributed by atoms with Crippen LogP contribution < -0.4 is 15.4 Å². The van der Waals surface area contributed by atoms with Gasteiger partial charge in [-0.3, -0.25) is 10.3 Å². The van der Waals surface area contributed by atoms with Crippen LogP contribution in [-0.2, 0) is 0 Å². The molecule has 0 amide bonds. The van der Waals surface area contributed by atoms with Gasteiger partial charge in [0.2, 0.25) is 0 Å². The van der Waals surface area contributed by atoms with Crippen molar-refractivity contribution in [1.82, 2.24) is 0 Å². The standard InChI is InChI=1S/C20H28N4O2/c1-19(2,3)23(22-25)17-11-7-15(8-12-17)21-16-9-13-18(14-10-16)24(26)20(4,5)6/h7-14,21,26H,1-6H3. The summed E-state index contributed by atoms with van der Waals surface area (Å²) in [4.78, 5) is 11.1. The Morgan fingerprint density at radius 2 is 1.19 bits per heavy atom. The maximum Gasteiger partial charge on any atom is 0.0641 e. The van der Waals surface area contributed by atoms with E-state index in [2.05, 4.69) is 10.6 Å². The van der Waals surface area contributed by atoms with Gasteiger partial charge in [-0.25, -0.2) is 5.01 Å². The van der Waals surface area contributed by atoms with Crippen LogP contribution in [0.25, 0.3) is 0 Å². The van der Waals surface area contributed by atoms with Gasteiger partial charge in [0, 0.05) is 11.4 Å². The Balaban J connectivity index is 2.11. The highest BCUT2D eigenvalue weighted by Crippen LogP contribution is 2.28. The normalized spacial score (nSPS) is 11.8. The second-order valence-corrected chi connectivity index (χ2v) is 8.27. The lowest BCUT2D eigenvalue weighted by Gasteiger charge is -2.31. The van der Waals surface area contributed by atoms with Crippen molar-refractivity contribution in [2.75, 3.05) is 15.4 Å². The van der Waals surface area contributed by atoms with Crippen LogP contribution in [0.4, 0.5) is 22.7 Å².